The summed E-state index contributed by atoms with van der Waals surface area (Å²) in [6.07, 6.45) is 0. The number of hydrogen-bond acceptors (Lipinski definition) is 4. The standard InChI is InChI=1S/C17H18ClN3O4S/c1-21(2)26(24,25)15-8-4-7-14(10-15)20-16(22)11-19-17(23)12-5-3-6-13(18)9-12/h3-10H,11H2,1-2H3,(H,19,23)(H,20,22). The molecule has 0 saturated carbocycles. The van der Waals surface area contributed by atoms with Crippen molar-refractivity contribution in [3.63, 3.8) is 0 Å². The van der Waals surface area contributed by atoms with Gasteiger partial charge in [0.05, 0.1) is 11.4 Å². The van der Waals surface area contributed by atoms with Gasteiger partial charge >= 0.3 is 0 Å². The number of benzene rings is 2. The van der Waals surface area contributed by atoms with Crippen molar-refractivity contribution in [1.82, 2.24) is 9.62 Å². The first-order valence-electron chi connectivity index (χ1n) is 7.56. The van der Waals surface area contributed by atoms with Gasteiger partial charge in [-0.05, 0) is 36.4 Å². The van der Waals surface area contributed by atoms with Gasteiger partial charge < -0.3 is 10.6 Å². The highest BCUT2D eigenvalue weighted by atomic mass is 35.5. The molecular weight excluding hydrogens is 378 g/mol. The SMILES string of the molecule is CN(C)S(=O)(=O)c1cccc(NC(=O)CNC(=O)c2cccc(Cl)c2)c1. The van der Waals surface area contributed by atoms with Gasteiger partial charge in [-0.2, -0.15) is 0 Å². The van der Waals surface area contributed by atoms with Crippen LogP contribution in [0.2, 0.25) is 5.02 Å². The molecule has 2 aromatic rings. The van der Waals surface area contributed by atoms with Crippen LogP contribution in [-0.4, -0.2) is 45.2 Å². The molecule has 2 N–H and O–H groups in total. The molecule has 0 unspecified atom stereocenters. The average molecular weight is 396 g/mol. The Labute approximate surface area is 157 Å². The van der Waals surface area contributed by atoms with Crippen molar-refractivity contribution in [3.05, 3.63) is 59.1 Å². The zero-order chi connectivity index (χ0) is 19.3. The second-order valence-corrected chi connectivity index (χ2v) is 8.14. The molecule has 2 rings (SSSR count). The lowest BCUT2D eigenvalue weighted by molar-refractivity contribution is -0.115. The lowest BCUT2D eigenvalue weighted by atomic mass is 10.2. The van der Waals surface area contributed by atoms with Gasteiger partial charge in [-0.15, -0.1) is 0 Å². The first-order valence-corrected chi connectivity index (χ1v) is 9.38. The van der Waals surface area contributed by atoms with E-state index in [0.717, 1.165) is 4.31 Å². The summed E-state index contributed by atoms with van der Waals surface area (Å²) in [6, 6.07) is 12.2. The lowest BCUT2D eigenvalue weighted by Crippen LogP contribution is -2.32. The van der Waals surface area contributed by atoms with Crippen molar-refractivity contribution in [2.75, 3.05) is 26.0 Å². The van der Waals surface area contributed by atoms with E-state index in [0.29, 0.717) is 16.3 Å². The Bertz CT molecular complexity index is 929. The van der Waals surface area contributed by atoms with Crippen LogP contribution in [0, 0.1) is 0 Å². The average Bonchev–Trinajstić information content (AvgIpc) is 2.59. The van der Waals surface area contributed by atoms with Crippen LogP contribution in [0.4, 0.5) is 5.69 Å². The summed E-state index contributed by atoms with van der Waals surface area (Å²) in [5, 5.41) is 5.44. The van der Waals surface area contributed by atoms with Gasteiger partial charge in [0.1, 0.15) is 0 Å². The number of nitrogens with one attached hydrogen (secondary N) is 2. The van der Waals surface area contributed by atoms with Crippen LogP contribution in [0.5, 0.6) is 0 Å². The van der Waals surface area contributed by atoms with E-state index >= 15 is 0 Å². The topological polar surface area (TPSA) is 95.6 Å². The molecule has 2 amide bonds. The third-order valence-corrected chi connectivity index (χ3v) is 5.44. The van der Waals surface area contributed by atoms with E-state index in [1.54, 1.807) is 24.3 Å². The molecule has 0 bridgehead atoms. The highest BCUT2D eigenvalue weighted by Gasteiger charge is 2.17. The van der Waals surface area contributed by atoms with Crippen LogP contribution in [0.15, 0.2) is 53.4 Å². The summed E-state index contributed by atoms with van der Waals surface area (Å²) in [5.74, 6) is -0.925. The quantitative estimate of drug-likeness (QED) is 0.781. The van der Waals surface area contributed by atoms with Crippen molar-refractivity contribution in [2.45, 2.75) is 4.90 Å². The second kappa shape index (κ2) is 8.31. The molecule has 0 radical (unpaired) electrons. The minimum atomic E-state index is -3.60. The first kappa shape index (κ1) is 19.9. The molecule has 0 fully saturated rings. The number of anilines is 1. The maximum absolute atomic E-state index is 12.1. The number of rotatable bonds is 6. The monoisotopic (exact) mass is 395 g/mol. The van der Waals surface area contributed by atoms with Crippen molar-refractivity contribution in [2.24, 2.45) is 0 Å². The minimum Gasteiger partial charge on any atom is -0.343 e. The summed E-state index contributed by atoms with van der Waals surface area (Å²) < 4.78 is 25.3. The smallest absolute Gasteiger partial charge is 0.251 e. The molecule has 0 aliphatic carbocycles. The predicted molar refractivity (Wildman–Crippen MR) is 99.7 cm³/mol. The van der Waals surface area contributed by atoms with Crippen LogP contribution in [-0.2, 0) is 14.8 Å². The number of halogens is 1. The number of amides is 2. The molecule has 0 aromatic heterocycles. The molecule has 26 heavy (non-hydrogen) atoms. The van der Waals surface area contributed by atoms with E-state index in [2.05, 4.69) is 10.6 Å². The van der Waals surface area contributed by atoms with Gasteiger partial charge in [-0.3, -0.25) is 9.59 Å². The van der Waals surface area contributed by atoms with Crippen LogP contribution >= 0.6 is 11.6 Å². The Kier molecular flexibility index (Phi) is 6.36. The van der Waals surface area contributed by atoms with Gasteiger partial charge in [-0.25, -0.2) is 12.7 Å². The van der Waals surface area contributed by atoms with Crippen molar-refractivity contribution in [1.29, 1.82) is 0 Å². The van der Waals surface area contributed by atoms with Gasteiger partial charge in [0.15, 0.2) is 0 Å². The summed E-state index contributed by atoms with van der Waals surface area (Å²) in [4.78, 5) is 24.0. The van der Waals surface area contributed by atoms with E-state index in [4.69, 9.17) is 11.6 Å². The molecular formula is C17H18ClN3O4S. The highest BCUT2D eigenvalue weighted by molar-refractivity contribution is 7.89. The van der Waals surface area contributed by atoms with Crippen LogP contribution in [0.1, 0.15) is 10.4 Å². The van der Waals surface area contributed by atoms with E-state index in [1.807, 2.05) is 0 Å². The predicted octanol–water partition coefficient (Wildman–Crippen LogP) is 1.96. The van der Waals surface area contributed by atoms with E-state index in [9.17, 15) is 18.0 Å². The fourth-order valence-electron chi connectivity index (χ4n) is 2.04. The Balaban J connectivity index is 1.99. The minimum absolute atomic E-state index is 0.0586. The van der Waals surface area contributed by atoms with Crippen molar-refractivity contribution < 1.29 is 18.0 Å². The molecule has 0 saturated heterocycles. The Morgan fingerprint density at radius 2 is 1.77 bits per heavy atom. The second-order valence-electron chi connectivity index (χ2n) is 5.56. The van der Waals surface area contributed by atoms with Crippen LogP contribution in [0.25, 0.3) is 0 Å². The number of nitrogens with zero attached hydrogens (tertiary/aromatic N) is 1. The lowest BCUT2D eigenvalue weighted by Gasteiger charge is -2.13. The molecule has 0 spiro atoms. The summed E-state index contributed by atoms with van der Waals surface area (Å²) in [7, 11) is -0.756. The van der Waals surface area contributed by atoms with Gasteiger partial charge in [0.25, 0.3) is 5.91 Å². The number of hydrogen-bond donors (Lipinski definition) is 2. The Morgan fingerprint density at radius 3 is 2.42 bits per heavy atom. The fraction of sp³-hybridized carbons (Fsp3) is 0.176. The van der Waals surface area contributed by atoms with Gasteiger partial charge in [-0.1, -0.05) is 23.7 Å². The molecule has 0 heterocycles. The fourth-order valence-corrected chi connectivity index (χ4v) is 3.18. The third-order valence-electron chi connectivity index (χ3n) is 3.39. The van der Waals surface area contributed by atoms with Crippen LogP contribution < -0.4 is 10.6 Å². The Hall–Kier alpha value is -2.42. The summed E-state index contributed by atoms with van der Waals surface area (Å²) >= 11 is 5.82. The van der Waals surface area contributed by atoms with Gasteiger partial charge in [0, 0.05) is 30.4 Å². The Morgan fingerprint density at radius 1 is 1.08 bits per heavy atom. The van der Waals surface area contributed by atoms with Gasteiger partial charge in [0.2, 0.25) is 15.9 Å². The summed E-state index contributed by atoms with van der Waals surface area (Å²) in [6.45, 7) is -0.268. The van der Waals surface area contributed by atoms with Crippen molar-refractivity contribution in [3.8, 4) is 0 Å². The third kappa shape index (κ3) is 5.04. The maximum Gasteiger partial charge on any atom is 0.251 e. The van der Waals surface area contributed by atoms with E-state index < -0.39 is 21.8 Å². The zero-order valence-corrected chi connectivity index (χ0v) is 15.8. The van der Waals surface area contributed by atoms with E-state index in [-0.39, 0.29) is 11.4 Å². The molecule has 7 nitrogen and oxygen atoms in total. The summed E-state index contributed by atoms with van der Waals surface area (Å²) in [5.41, 5.74) is 0.652. The molecule has 138 valence electrons. The molecule has 2 aromatic carbocycles. The molecule has 9 heteroatoms. The van der Waals surface area contributed by atoms with Crippen molar-refractivity contribution >= 4 is 39.1 Å². The molecule has 0 atom stereocenters. The van der Waals surface area contributed by atoms with Crippen LogP contribution in [0.3, 0.4) is 0 Å². The first-order chi connectivity index (χ1) is 12.2. The maximum atomic E-state index is 12.1. The number of carbonyl (C=O) groups excluding carboxylic acids is 2. The highest BCUT2D eigenvalue weighted by Crippen LogP contribution is 2.17. The number of sulfonamides is 1. The normalized spacial score (nSPS) is 11.2. The largest absolute Gasteiger partial charge is 0.343 e. The number of carbonyl (C=O) groups is 2. The zero-order valence-electron chi connectivity index (χ0n) is 14.2. The van der Waals surface area contributed by atoms with E-state index in [1.165, 1.54) is 38.4 Å². The molecule has 0 aliphatic heterocycles. The molecule has 0 aliphatic rings.